The van der Waals surface area contributed by atoms with Gasteiger partial charge in [-0.25, -0.2) is 0 Å². The second-order valence-corrected chi connectivity index (χ2v) is 5.51. The highest BCUT2D eigenvalue weighted by atomic mass is 16.3. The summed E-state index contributed by atoms with van der Waals surface area (Å²) >= 11 is 0. The molecule has 1 aliphatic carbocycles. The van der Waals surface area contributed by atoms with Crippen LogP contribution in [0.1, 0.15) is 31.2 Å². The zero-order valence-electron chi connectivity index (χ0n) is 12.1. The van der Waals surface area contributed by atoms with Crippen LogP contribution in [0.15, 0.2) is 30.3 Å². The normalized spacial score (nSPS) is 16.4. The molecule has 0 atom stereocenters. The average Bonchev–Trinajstić information content (AvgIpc) is 2.94. The molecule has 0 radical (unpaired) electrons. The lowest BCUT2D eigenvalue weighted by Gasteiger charge is -2.20. The fourth-order valence-corrected chi connectivity index (χ4v) is 2.57. The number of carbonyl (C=O) groups excluding carboxylic acids is 2. The number of carbonyl (C=O) groups is 2. The van der Waals surface area contributed by atoms with Gasteiger partial charge in [0, 0.05) is 6.54 Å². The number of amides is 2. The predicted octanol–water partition coefficient (Wildman–Crippen LogP) is 0.767. The SMILES string of the molecule is O=C(CNC(=O)C1(O)CCCC1)NCCc1ccccc1. The van der Waals surface area contributed by atoms with Crippen LogP contribution in [0.4, 0.5) is 0 Å². The largest absolute Gasteiger partial charge is 0.380 e. The monoisotopic (exact) mass is 290 g/mol. The molecule has 5 heteroatoms. The Kier molecular flexibility index (Phi) is 5.33. The van der Waals surface area contributed by atoms with E-state index in [-0.39, 0.29) is 12.5 Å². The zero-order valence-corrected chi connectivity index (χ0v) is 12.1. The van der Waals surface area contributed by atoms with E-state index in [0.29, 0.717) is 19.4 Å². The molecular formula is C16H22N2O3. The number of benzene rings is 1. The molecule has 2 amide bonds. The molecular weight excluding hydrogens is 268 g/mol. The fraction of sp³-hybridized carbons (Fsp3) is 0.500. The minimum Gasteiger partial charge on any atom is -0.380 e. The van der Waals surface area contributed by atoms with E-state index in [1.165, 1.54) is 0 Å². The first kappa shape index (κ1) is 15.5. The average molecular weight is 290 g/mol. The molecule has 0 unspecified atom stereocenters. The Hall–Kier alpha value is -1.88. The van der Waals surface area contributed by atoms with Crippen molar-refractivity contribution >= 4 is 11.8 Å². The molecule has 1 fully saturated rings. The molecule has 1 saturated carbocycles. The lowest BCUT2D eigenvalue weighted by molar-refractivity contribution is -0.140. The van der Waals surface area contributed by atoms with Gasteiger partial charge in [-0.15, -0.1) is 0 Å². The van der Waals surface area contributed by atoms with Crippen LogP contribution >= 0.6 is 0 Å². The van der Waals surface area contributed by atoms with Crippen molar-refractivity contribution in [2.75, 3.05) is 13.1 Å². The second-order valence-electron chi connectivity index (χ2n) is 5.51. The molecule has 1 aromatic carbocycles. The summed E-state index contributed by atoms with van der Waals surface area (Å²) in [6.07, 6.45) is 3.42. The Morgan fingerprint density at radius 2 is 1.76 bits per heavy atom. The van der Waals surface area contributed by atoms with Gasteiger partial charge >= 0.3 is 0 Å². The van der Waals surface area contributed by atoms with Gasteiger partial charge in [0.05, 0.1) is 6.54 Å². The first-order valence-corrected chi connectivity index (χ1v) is 7.41. The van der Waals surface area contributed by atoms with Gasteiger partial charge in [0.15, 0.2) is 0 Å². The van der Waals surface area contributed by atoms with E-state index in [9.17, 15) is 14.7 Å². The van der Waals surface area contributed by atoms with Crippen LogP contribution in [0, 0.1) is 0 Å². The van der Waals surface area contributed by atoms with E-state index in [4.69, 9.17) is 0 Å². The molecule has 21 heavy (non-hydrogen) atoms. The molecule has 2 rings (SSSR count). The summed E-state index contributed by atoms with van der Waals surface area (Å²) in [5.41, 5.74) is -0.119. The van der Waals surface area contributed by atoms with E-state index < -0.39 is 11.5 Å². The molecule has 0 bridgehead atoms. The van der Waals surface area contributed by atoms with Crippen molar-refractivity contribution in [2.45, 2.75) is 37.7 Å². The molecule has 1 aromatic rings. The molecule has 0 heterocycles. The topological polar surface area (TPSA) is 78.4 Å². The van der Waals surface area contributed by atoms with E-state index in [1.807, 2.05) is 30.3 Å². The van der Waals surface area contributed by atoms with Crippen molar-refractivity contribution in [3.63, 3.8) is 0 Å². The van der Waals surface area contributed by atoms with E-state index >= 15 is 0 Å². The minimum atomic E-state index is -1.27. The van der Waals surface area contributed by atoms with Crippen molar-refractivity contribution < 1.29 is 14.7 Å². The third kappa shape index (κ3) is 4.56. The van der Waals surface area contributed by atoms with Gasteiger partial charge in [-0.2, -0.15) is 0 Å². The summed E-state index contributed by atoms with van der Waals surface area (Å²) in [5, 5.41) is 15.3. The quantitative estimate of drug-likeness (QED) is 0.724. The summed E-state index contributed by atoms with van der Waals surface area (Å²) in [7, 11) is 0. The van der Waals surface area contributed by atoms with E-state index in [0.717, 1.165) is 24.8 Å². The number of aliphatic hydroxyl groups is 1. The Balaban J connectivity index is 1.64. The van der Waals surface area contributed by atoms with Crippen molar-refractivity contribution in [3.05, 3.63) is 35.9 Å². The maximum absolute atomic E-state index is 11.8. The second kappa shape index (κ2) is 7.22. The lowest BCUT2D eigenvalue weighted by atomic mass is 10.0. The van der Waals surface area contributed by atoms with Gasteiger partial charge in [0.25, 0.3) is 5.91 Å². The molecule has 0 saturated heterocycles. The predicted molar refractivity (Wildman–Crippen MR) is 79.6 cm³/mol. The van der Waals surface area contributed by atoms with Crippen LogP contribution in [-0.2, 0) is 16.0 Å². The summed E-state index contributed by atoms with van der Waals surface area (Å²) in [6.45, 7) is 0.443. The summed E-state index contributed by atoms with van der Waals surface area (Å²) in [4.78, 5) is 23.5. The van der Waals surface area contributed by atoms with Gasteiger partial charge in [0.2, 0.25) is 5.91 Å². The van der Waals surface area contributed by atoms with Gasteiger partial charge < -0.3 is 15.7 Å². The Labute approximate surface area is 124 Å². The lowest BCUT2D eigenvalue weighted by Crippen LogP contribution is -2.48. The van der Waals surface area contributed by atoms with Crippen molar-refractivity contribution in [3.8, 4) is 0 Å². The molecule has 3 N–H and O–H groups in total. The number of hydrogen-bond donors (Lipinski definition) is 3. The zero-order chi connectivity index (χ0) is 15.1. The highest BCUT2D eigenvalue weighted by molar-refractivity contribution is 5.89. The van der Waals surface area contributed by atoms with Gasteiger partial charge in [-0.1, -0.05) is 30.3 Å². The molecule has 0 aromatic heterocycles. The van der Waals surface area contributed by atoms with Crippen LogP contribution in [0.5, 0.6) is 0 Å². The van der Waals surface area contributed by atoms with Crippen LogP contribution in [0.25, 0.3) is 0 Å². The maximum atomic E-state index is 11.8. The van der Waals surface area contributed by atoms with E-state index in [1.54, 1.807) is 0 Å². The fourth-order valence-electron chi connectivity index (χ4n) is 2.57. The highest BCUT2D eigenvalue weighted by Gasteiger charge is 2.38. The summed E-state index contributed by atoms with van der Waals surface area (Å²) in [5.74, 6) is -0.668. The van der Waals surface area contributed by atoms with Crippen LogP contribution in [0.3, 0.4) is 0 Å². The van der Waals surface area contributed by atoms with Crippen molar-refractivity contribution in [1.29, 1.82) is 0 Å². The highest BCUT2D eigenvalue weighted by Crippen LogP contribution is 2.29. The molecule has 114 valence electrons. The molecule has 0 spiro atoms. The Bertz CT molecular complexity index is 482. The number of nitrogens with one attached hydrogen (secondary N) is 2. The van der Waals surface area contributed by atoms with E-state index in [2.05, 4.69) is 10.6 Å². The molecule has 0 aliphatic heterocycles. The van der Waals surface area contributed by atoms with Gasteiger partial charge in [-0.3, -0.25) is 9.59 Å². The summed E-state index contributed by atoms with van der Waals surface area (Å²) < 4.78 is 0. The number of rotatable bonds is 6. The van der Waals surface area contributed by atoms with Crippen LogP contribution in [-0.4, -0.2) is 35.6 Å². The van der Waals surface area contributed by atoms with Crippen LogP contribution in [0.2, 0.25) is 0 Å². The van der Waals surface area contributed by atoms with Crippen molar-refractivity contribution in [1.82, 2.24) is 10.6 Å². The minimum absolute atomic E-state index is 0.0874. The van der Waals surface area contributed by atoms with Crippen LogP contribution < -0.4 is 10.6 Å². The van der Waals surface area contributed by atoms with Gasteiger partial charge in [0.1, 0.15) is 5.60 Å². The number of hydrogen-bond acceptors (Lipinski definition) is 3. The van der Waals surface area contributed by atoms with Crippen molar-refractivity contribution in [2.24, 2.45) is 0 Å². The molecule has 1 aliphatic rings. The third-order valence-electron chi connectivity index (χ3n) is 3.84. The summed E-state index contributed by atoms with van der Waals surface area (Å²) in [6, 6.07) is 9.87. The first-order valence-electron chi connectivity index (χ1n) is 7.41. The Morgan fingerprint density at radius 3 is 2.43 bits per heavy atom. The van der Waals surface area contributed by atoms with Gasteiger partial charge in [-0.05, 0) is 37.7 Å². The Morgan fingerprint density at radius 1 is 1.10 bits per heavy atom. The first-order chi connectivity index (χ1) is 10.1. The maximum Gasteiger partial charge on any atom is 0.252 e. The standard InChI is InChI=1S/C16H22N2O3/c19-14(17-11-8-13-6-2-1-3-7-13)12-18-15(20)16(21)9-4-5-10-16/h1-3,6-7,21H,4-5,8-12H2,(H,17,19)(H,18,20). The molecule has 5 nitrogen and oxygen atoms in total. The smallest absolute Gasteiger partial charge is 0.252 e. The third-order valence-corrected chi connectivity index (χ3v) is 3.84.